The molecule has 0 bridgehead atoms. The molecule has 21 nitrogen and oxygen atoms in total. The first-order valence-electron chi connectivity index (χ1n) is 26.0. The fraction of sp³-hybridized carbons (Fsp3) is 0.880. The Balaban J connectivity index is 0.000000283. The maximum atomic E-state index is 12.5. The van der Waals surface area contributed by atoms with Crippen LogP contribution in [0, 0.1) is 23.7 Å². The summed E-state index contributed by atoms with van der Waals surface area (Å²) in [6, 6.07) is 0. The lowest BCUT2D eigenvalue weighted by molar-refractivity contribution is -0.163. The highest BCUT2D eigenvalue weighted by Crippen LogP contribution is 2.32. The van der Waals surface area contributed by atoms with Crippen molar-refractivity contribution in [3.63, 3.8) is 0 Å². The van der Waals surface area contributed by atoms with Crippen LogP contribution in [0.5, 0.6) is 0 Å². The van der Waals surface area contributed by atoms with Crippen LogP contribution in [-0.2, 0) is 71.4 Å². The summed E-state index contributed by atoms with van der Waals surface area (Å²) in [7, 11) is 11.0. The minimum absolute atomic E-state index is 0.0526. The van der Waals surface area contributed by atoms with Gasteiger partial charge in [-0.25, -0.2) is 0 Å². The third kappa shape index (κ3) is 26.8. The third-order valence-electron chi connectivity index (χ3n) is 13.7. The first kappa shape index (κ1) is 61.8. The van der Waals surface area contributed by atoms with Crippen molar-refractivity contribution >= 4 is 35.8 Å². The number of piperazine rings is 3. The Morgan fingerprint density at radius 2 is 0.634 bits per heavy atom. The number of esters is 6. The van der Waals surface area contributed by atoms with Gasteiger partial charge in [0.05, 0.1) is 56.3 Å². The van der Waals surface area contributed by atoms with Gasteiger partial charge in [-0.05, 0) is 59.7 Å². The molecule has 3 heterocycles. The normalized spacial score (nSPS) is 22.9. The molecule has 0 aromatic heterocycles. The number of nitrogens with zero attached hydrogens (tertiary/aromatic N) is 6. The van der Waals surface area contributed by atoms with Crippen LogP contribution in [0.2, 0.25) is 0 Å². The molecule has 5 aliphatic rings. The first-order valence-corrected chi connectivity index (χ1v) is 26.0. The van der Waals surface area contributed by atoms with Crippen molar-refractivity contribution in [1.82, 2.24) is 29.4 Å². The number of methoxy groups -OCH3 is 3. The van der Waals surface area contributed by atoms with Crippen molar-refractivity contribution in [2.75, 3.05) is 200 Å². The van der Waals surface area contributed by atoms with E-state index in [-0.39, 0.29) is 79.6 Å². The van der Waals surface area contributed by atoms with Gasteiger partial charge < -0.3 is 57.3 Å². The molecule has 21 heteroatoms. The topological polar surface area (TPSA) is 205 Å². The lowest BCUT2D eigenvalue weighted by Gasteiger charge is -2.32. The van der Waals surface area contributed by atoms with E-state index >= 15 is 0 Å². The van der Waals surface area contributed by atoms with Crippen LogP contribution < -0.4 is 0 Å². The fourth-order valence-corrected chi connectivity index (χ4v) is 8.80. The standard InChI is InChI=1S/2C18H32N2O5.C14H26N2O5/c1-19-7-9-20(10-8-19)11-12-24-17(21)15-3-5-16(6-4-15)18(22)25-14-13-23-2;1-19-7-9-20(10-8-19)11-12-24-17(21)15-5-3-4-6-16(15)18(22)25-14-13-23-2;1-15-5-7-16(8-6-15)9-10-20-13(17)3-4-14(18)21-12-11-19-2/h2*15-16H,3-14H2,1-2H3;3-12H2,1-2H3. The van der Waals surface area contributed by atoms with Crippen LogP contribution in [0.25, 0.3) is 0 Å². The van der Waals surface area contributed by atoms with Gasteiger partial charge in [0.2, 0.25) is 0 Å². The Kier molecular flexibility index (Phi) is 32.4. The van der Waals surface area contributed by atoms with Crippen LogP contribution >= 0.6 is 0 Å². The minimum atomic E-state index is -0.400. The summed E-state index contributed by atoms with van der Waals surface area (Å²) in [4.78, 5) is 85.4. The van der Waals surface area contributed by atoms with Crippen molar-refractivity contribution in [2.45, 2.75) is 64.2 Å². The molecule has 0 spiro atoms. The van der Waals surface area contributed by atoms with Crippen molar-refractivity contribution in [2.24, 2.45) is 23.7 Å². The molecular weight excluding hydrogens is 925 g/mol. The average molecular weight is 1020 g/mol. The van der Waals surface area contributed by atoms with E-state index in [1.54, 1.807) is 14.2 Å². The van der Waals surface area contributed by atoms with Crippen molar-refractivity contribution < 1.29 is 71.4 Å². The molecular formula is C50H90N6O15. The maximum Gasteiger partial charge on any atom is 0.309 e. The summed E-state index contributed by atoms with van der Waals surface area (Å²) < 4.78 is 45.8. The summed E-state index contributed by atoms with van der Waals surface area (Å²) in [5.74, 6) is -2.48. The number of likely N-dealkylation sites (N-methyl/N-ethyl adjacent to an activating group) is 3. The minimum Gasteiger partial charge on any atom is -0.464 e. The summed E-state index contributed by atoms with van der Waals surface area (Å²) >= 11 is 0. The molecule has 2 unspecified atom stereocenters. The van der Waals surface area contributed by atoms with Crippen LogP contribution in [-0.4, -0.2) is 265 Å². The second kappa shape index (κ2) is 37.2. The molecule has 0 aromatic carbocycles. The largest absolute Gasteiger partial charge is 0.464 e. The molecule has 71 heavy (non-hydrogen) atoms. The molecule has 5 rings (SSSR count). The first-order chi connectivity index (χ1) is 34.3. The second-order valence-corrected chi connectivity index (χ2v) is 19.1. The Hall–Kier alpha value is -3.54. The Morgan fingerprint density at radius 1 is 0.352 bits per heavy atom. The monoisotopic (exact) mass is 1010 g/mol. The van der Waals surface area contributed by atoms with Crippen LogP contribution in [0.1, 0.15) is 64.2 Å². The number of rotatable bonds is 25. The number of carbonyl (C=O) groups excluding carboxylic acids is 6. The number of hydrogen-bond donors (Lipinski definition) is 0. The Morgan fingerprint density at radius 3 is 0.986 bits per heavy atom. The number of hydrogen-bond acceptors (Lipinski definition) is 21. The van der Waals surface area contributed by atoms with E-state index < -0.39 is 5.97 Å². The molecule has 5 fully saturated rings. The quantitative estimate of drug-likeness (QED) is 0.0718. The zero-order chi connectivity index (χ0) is 51.6. The molecule has 0 radical (unpaired) electrons. The Bertz CT molecular complexity index is 1500. The highest BCUT2D eigenvalue weighted by Gasteiger charge is 2.38. The van der Waals surface area contributed by atoms with Crippen LogP contribution in [0.4, 0.5) is 0 Å². The molecule has 0 amide bonds. The predicted molar refractivity (Wildman–Crippen MR) is 263 cm³/mol. The van der Waals surface area contributed by atoms with Gasteiger partial charge in [-0.3, -0.25) is 43.5 Å². The number of ether oxygens (including phenoxy) is 9. The van der Waals surface area contributed by atoms with Crippen molar-refractivity contribution in [1.29, 1.82) is 0 Å². The molecule has 2 saturated carbocycles. The van der Waals surface area contributed by atoms with Gasteiger partial charge in [0.15, 0.2) is 0 Å². The molecule has 3 saturated heterocycles. The molecule has 410 valence electrons. The smallest absolute Gasteiger partial charge is 0.309 e. The van der Waals surface area contributed by atoms with Gasteiger partial charge in [-0.2, -0.15) is 0 Å². The van der Waals surface area contributed by atoms with E-state index in [1.165, 1.54) is 7.11 Å². The second-order valence-electron chi connectivity index (χ2n) is 19.1. The highest BCUT2D eigenvalue weighted by atomic mass is 16.6. The molecule has 0 N–H and O–H groups in total. The number of carbonyl (C=O) groups is 6. The summed E-state index contributed by atoms with van der Waals surface area (Å²) in [5.41, 5.74) is 0. The van der Waals surface area contributed by atoms with Crippen LogP contribution in [0.15, 0.2) is 0 Å². The Labute approximate surface area is 423 Å². The van der Waals surface area contributed by atoms with Crippen molar-refractivity contribution in [3.05, 3.63) is 0 Å². The van der Waals surface area contributed by atoms with Crippen LogP contribution in [0.3, 0.4) is 0 Å². The van der Waals surface area contributed by atoms with E-state index in [0.29, 0.717) is 84.8 Å². The van der Waals surface area contributed by atoms with E-state index in [9.17, 15) is 28.8 Å². The van der Waals surface area contributed by atoms with Gasteiger partial charge in [-0.15, -0.1) is 0 Å². The fourth-order valence-electron chi connectivity index (χ4n) is 8.80. The van der Waals surface area contributed by atoms with Gasteiger partial charge in [-0.1, -0.05) is 12.8 Å². The third-order valence-corrected chi connectivity index (χ3v) is 13.7. The molecule has 3 aliphatic heterocycles. The molecule has 2 atom stereocenters. The summed E-state index contributed by atoms with van der Waals surface area (Å²) in [6.45, 7) is 17.8. The van der Waals surface area contributed by atoms with E-state index in [2.05, 4.69) is 50.5 Å². The van der Waals surface area contributed by atoms with Gasteiger partial charge in [0, 0.05) is 120 Å². The SMILES string of the molecule is COCCOC(=O)C1CCC(C(=O)OCCN2CCN(C)CC2)CC1.COCCOC(=O)C1CCCCC1C(=O)OCCN1CCN(C)CC1.COCCOC(=O)CCC(=O)OCCN1CCN(C)CC1. The lowest BCUT2D eigenvalue weighted by atomic mass is 9.79. The molecule has 2 aliphatic carbocycles. The summed E-state index contributed by atoms with van der Waals surface area (Å²) in [6.07, 6.45) is 6.24. The van der Waals surface area contributed by atoms with E-state index in [1.807, 2.05) is 0 Å². The van der Waals surface area contributed by atoms with Crippen molar-refractivity contribution in [3.8, 4) is 0 Å². The van der Waals surface area contributed by atoms with E-state index in [0.717, 1.165) is 111 Å². The van der Waals surface area contributed by atoms with E-state index in [4.69, 9.17) is 42.6 Å². The predicted octanol–water partition coefficient (Wildman–Crippen LogP) is 1.29. The zero-order valence-electron chi connectivity index (χ0n) is 44.2. The van der Waals surface area contributed by atoms with Gasteiger partial charge in [0.1, 0.15) is 39.6 Å². The van der Waals surface area contributed by atoms with Gasteiger partial charge in [0.25, 0.3) is 0 Å². The van der Waals surface area contributed by atoms with Gasteiger partial charge >= 0.3 is 35.8 Å². The summed E-state index contributed by atoms with van der Waals surface area (Å²) in [5, 5.41) is 0. The highest BCUT2D eigenvalue weighted by molar-refractivity contribution is 5.82. The maximum absolute atomic E-state index is 12.5. The lowest BCUT2D eigenvalue weighted by Crippen LogP contribution is -2.45. The zero-order valence-corrected chi connectivity index (χ0v) is 44.2. The average Bonchev–Trinajstić information content (AvgIpc) is 3.38. The molecule has 0 aromatic rings.